The number of esters is 1. The first-order valence-corrected chi connectivity index (χ1v) is 10.5. The van der Waals surface area contributed by atoms with E-state index in [0.29, 0.717) is 9.99 Å². The van der Waals surface area contributed by atoms with Crippen LogP contribution in [0.5, 0.6) is 0 Å². The van der Waals surface area contributed by atoms with E-state index in [2.05, 4.69) is 10.1 Å². The molecule has 2 aromatic rings. The van der Waals surface area contributed by atoms with Gasteiger partial charge in [0.05, 0.1) is 40.6 Å². The van der Waals surface area contributed by atoms with Crippen LogP contribution in [0.1, 0.15) is 27.6 Å². The highest BCUT2D eigenvalue weighted by Crippen LogP contribution is 2.31. The van der Waals surface area contributed by atoms with Crippen molar-refractivity contribution in [2.24, 2.45) is 5.92 Å². The SMILES string of the molecule is COC(=O)c1cccc(NC(=O)c2ccc(N3C(=O)[C@H](C)CS3(=O)=O)cc2Cl)c1. The van der Waals surface area contributed by atoms with Crippen molar-refractivity contribution in [2.75, 3.05) is 22.5 Å². The average molecular weight is 437 g/mol. The highest BCUT2D eigenvalue weighted by atomic mass is 35.5. The predicted octanol–water partition coefficient (Wildman–Crippen LogP) is 2.69. The van der Waals surface area contributed by atoms with Crippen molar-refractivity contribution in [3.05, 3.63) is 58.6 Å². The van der Waals surface area contributed by atoms with Crippen molar-refractivity contribution >= 4 is 50.8 Å². The fourth-order valence-electron chi connectivity index (χ4n) is 2.94. The van der Waals surface area contributed by atoms with Crippen LogP contribution in [-0.4, -0.2) is 39.1 Å². The summed E-state index contributed by atoms with van der Waals surface area (Å²) in [4.78, 5) is 36.3. The molecule has 0 aromatic heterocycles. The molecule has 1 fully saturated rings. The lowest BCUT2D eigenvalue weighted by atomic mass is 10.1. The minimum atomic E-state index is -3.77. The number of sulfonamides is 1. The summed E-state index contributed by atoms with van der Waals surface area (Å²) >= 11 is 6.18. The zero-order chi connectivity index (χ0) is 21.3. The van der Waals surface area contributed by atoms with Gasteiger partial charge in [0.2, 0.25) is 15.9 Å². The molecule has 1 atom stereocenters. The molecule has 10 heteroatoms. The number of hydrogen-bond donors (Lipinski definition) is 1. The Morgan fingerprint density at radius 2 is 1.93 bits per heavy atom. The van der Waals surface area contributed by atoms with Gasteiger partial charge in [0.25, 0.3) is 5.91 Å². The number of methoxy groups -OCH3 is 1. The van der Waals surface area contributed by atoms with Crippen LogP contribution in [0.2, 0.25) is 5.02 Å². The van der Waals surface area contributed by atoms with Gasteiger partial charge in [-0.25, -0.2) is 17.5 Å². The van der Waals surface area contributed by atoms with Crippen molar-refractivity contribution in [2.45, 2.75) is 6.92 Å². The van der Waals surface area contributed by atoms with Gasteiger partial charge in [0.15, 0.2) is 0 Å². The topological polar surface area (TPSA) is 110 Å². The maximum atomic E-state index is 12.6. The number of rotatable bonds is 4. The summed E-state index contributed by atoms with van der Waals surface area (Å²) in [6.45, 7) is 1.53. The zero-order valence-electron chi connectivity index (χ0n) is 15.5. The van der Waals surface area contributed by atoms with Crippen LogP contribution < -0.4 is 9.62 Å². The van der Waals surface area contributed by atoms with E-state index in [1.807, 2.05) is 0 Å². The molecule has 0 spiro atoms. The number of carbonyl (C=O) groups excluding carboxylic acids is 3. The van der Waals surface area contributed by atoms with Crippen LogP contribution in [0, 0.1) is 5.92 Å². The summed E-state index contributed by atoms with van der Waals surface area (Å²) in [5, 5.41) is 2.59. The molecule has 152 valence electrons. The molecule has 8 nitrogen and oxygen atoms in total. The molecule has 29 heavy (non-hydrogen) atoms. The Hall–Kier alpha value is -2.91. The number of anilines is 2. The molecule has 1 saturated heterocycles. The van der Waals surface area contributed by atoms with Crippen LogP contribution in [0.3, 0.4) is 0 Å². The third kappa shape index (κ3) is 4.10. The van der Waals surface area contributed by atoms with Crippen molar-refractivity contribution < 1.29 is 27.5 Å². The van der Waals surface area contributed by atoms with Gasteiger partial charge in [-0.15, -0.1) is 0 Å². The van der Waals surface area contributed by atoms with Crippen LogP contribution in [0.15, 0.2) is 42.5 Å². The second-order valence-corrected chi connectivity index (χ2v) is 8.74. The molecule has 0 radical (unpaired) electrons. The minimum Gasteiger partial charge on any atom is -0.465 e. The van der Waals surface area contributed by atoms with Gasteiger partial charge in [0, 0.05) is 5.69 Å². The number of nitrogens with one attached hydrogen (secondary N) is 1. The largest absolute Gasteiger partial charge is 0.465 e. The Morgan fingerprint density at radius 1 is 1.21 bits per heavy atom. The fourth-order valence-corrected chi connectivity index (χ4v) is 5.01. The Balaban J connectivity index is 1.85. The first kappa shape index (κ1) is 20.8. The highest BCUT2D eigenvalue weighted by molar-refractivity contribution is 7.94. The molecule has 0 saturated carbocycles. The lowest BCUT2D eigenvalue weighted by Gasteiger charge is -2.16. The van der Waals surface area contributed by atoms with Gasteiger partial charge in [-0.3, -0.25) is 9.59 Å². The molecular weight excluding hydrogens is 420 g/mol. The third-order valence-electron chi connectivity index (χ3n) is 4.33. The lowest BCUT2D eigenvalue weighted by molar-refractivity contribution is -0.119. The second-order valence-electron chi connectivity index (χ2n) is 6.47. The minimum absolute atomic E-state index is 0.0216. The molecule has 0 bridgehead atoms. The van der Waals surface area contributed by atoms with Gasteiger partial charge in [-0.1, -0.05) is 24.6 Å². The van der Waals surface area contributed by atoms with Gasteiger partial charge in [-0.2, -0.15) is 0 Å². The fraction of sp³-hybridized carbons (Fsp3) is 0.211. The molecule has 3 rings (SSSR count). The van der Waals surface area contributed by atoms with E-state index >= 15 is 0 Å². The number of carbonyl (C=O) groups is 3. The smallest absolute Gasteiger partial charge is 0.337 e. The second kappa shape index (κ2) is 7.84. The Bertz CT molecular complexity index is 1120. The molecule has 1 N–H and O–H groups in total. The molecule has 0 aliphatic carbocycles. The Morgan fingerprint density at radius 3 is 2.52 bits per heavy atom. The average Bonchev–Trinajstić information content (AvgIpc) is 2.87. The maximum Gasteiger partial charge on any atom is 0.337 e. The maximum absolute atomic E-state index is 12.6. The number of halogens is 1. The van der Waals surface area contributed by atoms with Gasteiger partial charge in [-0.05, 0) is 36.4 Å². The highest BCUT2D eigenvalue weighted by Gasteiger charge is 2.42. The molecule has 1 aliphatic heterocycles. The van der Waals surface area contributed by atoms with Crippen LogP contribution in [0.25, 0.3) is 0 Å². The summed E-state index contributed by atoms with van der Waals surface area (Å²) < 4.78 is 29.8. The standard InChI is InChI=1S/C19H17ClN2O6S/c1-11-10-29(26,27)22(18(11)24)14-6-7-15(16(20)9-14)17(23)21-13-5-3-4-12(8-13)19(25)28-2/h3-9,11H,10H2,1-2H3,(H,21,23)/t11-/m1/s1. The first-order valence-electron chi connectivity index (χ1n) is 8.50. The van der Waals surface area contributed by atoms with Crippen molar-refractivity contribution in [1.29, 1.82) is 0 Å². The molecular formula is C19H17ClN2O6S. The monoisotopic (exact) mass is 436 g/mol. The van der Waals surface area contributed by atoms with Gasteiger partial charge in [0.1, 0.15) is 0 Å². The van der Waals surface area contributed by atoms with E-state index in [1.54, 1.807) is 12.1 Å². The van der Waals surface area contributed by atoms with Crippen LogP contribution in [-0.2, 0) is 19.6 Å². The van der Waals surface area contributed by atoms with Crippen molar-refractivity contribution in [3.8, 4) is 0 Å². The van der Waals surface area contributed by atoms with E-state index in [1.165, 1.54) is 44.4 Å². The van der Waals surface area contributed by atoms with Crippen molar-refractivity contribution in [3.63, 3.8) is 0 Å². The summed E-state index contributed by atoms with van der Waals surface area (Å²) in [6.07, 6.45) is 0. The first-order chi connectivity index (χ1) is 13.6. The zero-order valence-corrected chi connectivity index (χ0v) is 17.1. The third-order valence-corrected chi connectivity index (χ3v) is 6.51. The van der Waals surface area contributed by atoms with E-state index in [0.717, 1.165) is 0 Å². The van der Waals surface area contributed by atoms with E-state index < -0.39 is 33.7 Å². The number of hydrogen-bond acceptors (Lipinski definition) is 6. The number of benzene rings is 2. The Kier molecular flexibility index (Phi) is 5.63. The van der Waals surface area contributed by atoms with E-state index in [9.17, 15) is 22.8 Å². The molecule has 0 unspecified atom stereocenters. The number of ether oxygens (including phenoxy) is 1. The summed E-state index contributed by atoms with van der Waals surface area (Å²) in [5.41, 5.74) is 0.771. The molecule has 1 heterocycles. The van der Waals surface area contributed by atoms with E-state index in [4.69, 9.17) is 11.6 Å². The number of nitrogens with zero attached hydrogens (tertiary/aromatic N) is 1. The lowest BCUT2D eigenvalue weighted by Crippen LogP contribution is -2.30. The number of amides is 2. The summed E-state index contributed by atoms with van der Waals surface area (Å²) in [6, 6.07) is 10.1. The van der Waals surface area contributed by atoms with Gasteiger partial charge < -0.3 is 10.1 Å². The van der Waals surface area contributed by atoms with E-state index in [-0.39, 0.29) is 27.6 Å². The molecule has 2 aromatic carbocycles. The van der Waals surface area contributed by atoms with Gasteiger partial charge >= 0.3 is 5.97 Å². The molecule has 2 amide bonds. The predicted molar refractivity (Wildman–Crippen MR) is 108 cm³/mol. The van der Waals surface area contributed by atoms with Crippen LogP contribution >= 0.6 is 11.6 Å². The molecule has 1 aliphatic rings. The van der Waals surface area contributed by atoms with Crippen LogP contribution in [0.4, 0.5) is 11.4 Å². The quantitative estimate of drug-likeness (QED) is 0.738. The summed E-state index contributed by atoms with van der Waals surface area (Å²) in [7, 11) is -2.52. The normalized spacial score (nSPS) is 17.8. The van der Waals surface area contributed by atoms with Crippen molar-refractivity contribution in [1.82, 2.24) is 0 Å². The summed E-state index contributed by atoms with van der Waals surface area (Å²) in [5.74, 6) is -2.58. The Labute approximate surface area is 172 Å².